The molecule has 27 heavy (non-hydrogen) atoms. The van der Waals surface area contributed by atoms with Gasteiger partial charge in [0.2, 0.25) is 0 Å². The molecule has 1 saturated heterocycles. The van der Waals surface area contributed by atoms with Gasteiger partial charge in [-0.1, -0.05) is 13.3 Å². The van der Waals surface area contributed by atoms with Gasteiger partial charge in [-0.15, -0.1) is 0 Å². The molecule has 0 bridgehead atoms. The van der Waals surface area contributed by atoms with Crippen LogP contribution in [-0.2, 0) is 18.9 Å². The first kappa shape index (κ1) is 26.9. The van der Waals surface area contributed by atoms with Crippen molar-refractivity contribution in [2.24, 2.45) is 0 Å². The fourth-order valence-corrected chi connectivity index (χ4v) is 8.69. The number of hydrogen-bond acceptors (Lipinski definition) is 4. The fourth-order valence-electron chi connectivity index (χ4n) is 2.48. The molecule has 0 aromatic heterocycles. The van der Waals surface area contributed by atoms with Crippen molar-refractivity contribution in [2.75, 3.05) is 26.7 Å². The third kappa shape index (κ3) is 9.27. The van der Waals surface area contributed by atoms with Crippen molar-refractivity contribution in [3.8, 4) is 0 Å². The molecule has 1 aliphatic rings. The van der Waals surface area contributed by atoms with E-state index in [2.05, 4.69) is 14.0 Å². The van der Waals surface area contributed by atoms with Gasteiger partial charge in [-0.3, -0.25) is 0 Å². The Hall–Kier alpha value is -0.130. The SMILES string of the molecule is CCCCC[N+]1(C)CCCCC1.O=S(=O)(PS(=O)(=O)C(F)(F)F)C(F)(F)F. The Labute approximate surface area is 157 Å². The molecule has 0 spiro atoms. The molecule has 0 radical (unpaired) electrons. The van der Waals surface area contributed by atoms with E-state index in [0.717, 1.165) is 0 Å². The van der Waals surface area contributed by atoms with Crippen LogP contribution < -0.4 is 0 Å². The predicted octanol–water partition coefficient (Wildman–Crippen LogP) is 4.17. The number of likely N-dealkylation sites (tertiary alicyclic amines) is 1. The van der Waals surface area contributed by atoms with E-state index in [1.54, 1.807) is 0 Å². The maximum Gasteiger partial charge on any atom is 0.501 e. The molecule has 0 aromatic rings. The first-order valence-electron chi connectivity index (χ1n) is 8.22. The Morgan fingerprint density at radius 3 is 1.56 bits per heavy atom. The van der Waals surface area contributed by atoms with Crippen molar-refractivity contribution in [1.29, 1.82) is 0 Å². The van der Waals surface area contributed by atoms with E-state index in [1.807, 2.05) is 0 Å². The van der Waals surface area contributed by atoms with Crippen LogP contribution in [0.2, 0.25) is 0 Å². The average Bonchev–Trinajstić information content (AvgIpc) is 2.45. The van der Waals surface area contributed by atoms with E-state index >= 15 is 0 Å². The first-order chi connectivity index (χ1) is 12.0. The standard InChI is InChI=1S/C11H24N.C2HF6O4PS2/c1-3-4-6-9-12(2)10-7-5-8-11-12;3-1(4,5)14(9,10)13-15(11,12)2(6,7)8/h3-11H2,1-2H3;13H/q+1;. The predicted molar refractivity (Wildman–Crippen MR) is 92.4 cm³/mol. The maximum absolute atomic E-state index is 11.5. The minimum atomic E-state index is -6.32. The lowest BCUT2D eigenvalue weighted by molar-refractivity contribution is -0.914. The van der Waals surface area contributed by atoms with Crippen molar-refractivity contribution < 1.29 is 47.7 Å². The summed E-state index contributed by atoms with van der Waals surface area (Å²) in [6.07, 6.45) is 8.62. The van der Waals surface area contributed by atoms with E-state index in [-0.39, 0.29) is 0 Å². The Morgan fingerprint density at radius 1 is 0.815 bits per heavy atom. The summed E-state index contributed by atoms with van der Waals surface area (Å²) in [7, 11) is -10.2. The smallest absolute Gasteiger partial charge is 0.326 e. The van der Waals surface area contributed by atoms with Crippen LogP contribution in [0.5, 0.6) is 0 Å². The lowest BCUT2D eigenvalue weighted by Gasteiger charge is -2.37. The first-order valence-corrected chi connectivity index (χ1v) is 13.6. The number of quaternary nitrogens is 1. The van der Waals surface area contributed by atoms with Crippen molar-refractivity contribution in [2.45, 2.75) is 56.5 Å². The highest BCUT2D eigenvalue weighted by atomic mass is 33.1. The maximum atomic E-state index is 11.5. The topological polar surface area (TPSA) is 68.3 Å². The summed E-state index contributed by atoms with van der Waals surface area (Å²) >= 11 is 0. The van der Waals surface area contributed by atoms with Crippen LogP contribution in [0.25, 0.3) is 0 Å². The number of unbranched alkanes of at least 4 members (excludes halogenated alkanes) is 2. The quantitative estimate of drug-likeness (QED) is 0.254. The summed E-state index contributed by atoms with van der Waals surface area (Å²) in [6.45, 7) is 3.26. The van der Waals surface area contributed by atoms with Crippen LogP contribution >= 0.6 is 6.98 Å². The lowest BCUT2D eigenvalue weighted by atomic mass is 10.1. The molecule has 0 unspecified atom stereocenters. The summed E-state index contributed by atoms with van der Waals surface area (Å²) in [5, 5.41) is 0. The zero-order chi connectivity index (χ0) is 21.6. The monoisotopic (exact) mass is 468 g/mol. The third-order valence-corrected chi connectivity index (χ3v) is 12.3. The van der Waals surface area contributed by atoms with E-state index in [1.165, 1.54) is 62.6 Å². The zero-order valence-corrected chi connectivity index (χ0v) is 17.7. The Balaban J connectivity index is 0.000000511. The van der Waals surface area contributed by atoms with E-state index in [4.69, 9.17) is 0 Å². The molecule has 164 valence electrons. The third-order valence-electron chi connectivity index (χ3n) is 4.03. The van der Waals surface area contributed by atoms with Crippen LogP contribution in [0, 0.1) is 0 Å². The number of nitrogens with zero attached hydrogens (tertiary/aromatic N) is 1. The van der Waals surface area contributed by atoms with Crippen molar-refractivity contribution >= 4 is 25.9 Å². The number of alkyl halides is 6. The molecule has 0 amide bonds. The van der Waals surface area contributed by atoms with Crippen molar-refractivity contribution in [3.63, 3.8) is 0 Å². The van der Waals surface area contributed by atoms with E-state index in [0.29, 0.717) is 0 Å². The van der Waals surface area contributed by atoms with Gasteiger partial charge in [-0.05, 0) is 32.1 Å². The number of hydrogen-bond donors (Lipinski definition) is 0. The molecule has 0 atom stereocenters. The summed E-state index contributed by atoms with van der Waals surface area (Å²) in [5.74, 6) is 0. The largest absolute Gasteiger partial charge is 0.501 e. The zero-order valence-electron chi connectivity index (χ0n) is 15.0. The van der Waals surface area contributed by atoms with Crippen LogP contribution in [0.15, 0.2) is 0 Å². The molecule has 1 fully saturated rings. The van der Waals surface area contributed by atoms with E-state index in [9.17, 15) is 43.2 Å². The molecular formula is C13H25F6NO4PS2+. The minimum absolute atomic E-state index is 1.36. The highest BCUT2D eigenvalue weighted by Crippen LogP contribution is 2.46. The van der Waals surface area contributed by atoms with Crippen LogP contribution in [0.1, 0.15) is 45.4 Å². The molecule has 0 aliphatic carbocycles. The van der Waals surface area contributed by atoms with Gasteiger partial charge >= 0.3 is 11.0 Å². The summed E-state index contributed by atoms with van der Waals surface area (Å²) in [5.41, 5.74) is -12.0. The number of rotatable bonds is 6. The lowest BCUT2D eigenvalue weighted by Crippen LogP contribution is -2.48. The highest BCUT2D eigenvalue weighted by molar-refractivity contribution is 8.76. The minimum Gasteiger partial charge on any atom is -0.326 e. The molecule has 0 N–H and O–H groups in total. The molecule has 0 aromatic carbocycles. The molecule has 1 aliphatic heterocycles. The number of halogens is 6. The molecular weight excluding hydrogens is 443 g/mol. The van der Waals surface area contributed by atoms with Gasteiger partial charge < -0.3 is 4.48 Å². The highest BCUT2D eigenvalue weighted by Gasteiger charge is 2.55. The van der Waals surface area contributed by atoms with Gasteiger partial charge in [0.05, 0.1) is 26.7 Å². The molecule has 1 rings (SSSR count). The van der Waals surface area contributed by atoms with Gasteiger partial charge in [0.25, 0.3) is 18.9 Å². The van der Waals surface area contributed by atoms with Gasteiger partial charge in [0, 0.05) is 0 Å². The second-order valence-electron chi connectivity index (χ2n) is 6.54. The Kier molecular flexibility index (Phi) is 10.0. The van der Waals surface area contributed by atoms with Crippen LogP contribution in [0.4, 0.5) is 26.3 Å². The normalized spacial score (nSPS) is 18.5. The van der Waals surface area contributed by atoms with Gasteiger partial charge in [-0.25, -0.2) is 16.8 Å². The molecule has 14 heteroatoms. The fraction of sp³-hybridized carbons (Fsp3) is 1.00. The van der Waals surface area contributed by atoms with Crippen LogP contribution in [0.3, 0.4) is 0 Å². The molecule has 0 saturated carbocycles. The van der Waals surface area contributed by atoms with Gasteiger partial charge in [-0.2, -0.15) is 26.3 Å². The Morgan fingerprint density at radius 2 is 1.22 bits per heavy atom. The van der Waals surface area contributed by atoms with Gasteiger partial charge in [0.15, 0.2) is 0 Å². The molecule has 1 heterocycles. The summed E-state index contributed by atoms with van der Waals surface area (Å²) in [6, 6.07) is 0. The van der Waals surface area contributed by atoms with Crippen LogP contribution in [-0.4, -0.2) is 59.0 Å². The average molecular weight is 468 g/mol. The van der Waals surface area contributed by atoms with Crippen molar-refractivity contribution in [3.05, 3.63) is 0 Å². The second kappa shape index (κ2) is 10.1. The van der Waals surface area contributed by atoms with Gasteiger partial charge in [0.1, 0.15) is 6.98 Å². The number of piperidine rings is 1. The summed E-state index contributed by atoms with van der Waals surface area (Å²) < 4.78 is 111. The summed E-state index contributed by atoms with van der Waals surface area (Å²) in [4.78, 5) is 0. The van der Waals surface area contributed by atoms with Crippen molar-refractivity contribution in [1.82, 2.24) is 0 Å². The molecule has 5 nitrogen and oxygen atoms in total. The second-order valence-corrected chi connectivity index (χ2v) is 14.9. The van der Waals surface area contributed by atoms with E-state index < -0.39 is 36.9 Å². The Bertz CT molecular complexity index is 613.